The van der Waals surface area contributed by atoms with Crippen LogP contribution in [-0.2, 0) is 0 Å². The molecule has 0 atom stereocenters. The number of phenols is 1. The summed E-state index contributed by atoms with van der Waals surface area (Å²) in [4.78, 5) is 19.6. The predicted molar refractivity (Wildman–Crippen MR) is 90.1 cm³/mol. The maximum absolute atomic E-state index is 11.2. The van der Waals surface area contributed by atoms with E-state index in [4.69, 9.17) is 0 Å². The van der Waals surface area contributed by atoms with Gasteiger partial charge in [0.05, 0.1) is 16.9 Å². The highest BCUT2D eigenvalue weighted by Crippen LogP contribution is 2.25. The van der Waals surface area contributed by atoms with E-state index in [0.29, 0.717) is 17.2 Å². The van der Waals surface area contributed by atoms with Gasteiger partial charge in [-0.1, -0.05) is 24.3 Å². The number of carboxylic acids is 1. The molecule has 0 aliphatic rings. The predicted octanol–water partition coefficient (Wildman–Crippen LogP) is 3.37. The first-order valence-corrected chi connectivity index (χ1v) is 7.11. The number of rotatable bonds is 5. The fourth-order valence-electron chi connectivity index (χ4n) is 2.10. The summed E-state index contributed by atoms with van der Waals surface area (Å²) in [5.41, 5.74) is 1.05. The molecule has 0 radical (unpaired) electrons. The third kappa shape index (κ3) is 3.41. The summed E-state index contributed by atoms with van der Waals surface area (Å²) < 4.78 is 0. The molecular weight excluding hydrogens is 308 g/mol. The van der Waals surface area contributed by atoms with E-state index in [-0.39, 0.29) is 17.3 Å². The van der Waals surface area contributed by atoms with Gasteiger partial charge in [0.15, 0.2) is 0 Å². The number of hydrogen-bond acceptors (Lipinski definition) is 6. The highest BCUT2D eigenvalue weighted by Gasteiger charge is 2.10. The molecule has 0 unspecified atom stereocenters. The average molecular weight is 322 g/mol. The Labute approximate surface area is 137 Å². The minimum atomic E-state index is -1.03. The van der Waals surface area contributed by atoms with Gasteiger partial charge in [0, 0.05) is 6.20 Å². The molecule has 24 heavy (non-hydrogen) atoms. The Hall–Kier alpha value is -3.61. The number of phenolic OH excluding ortho intramolecular Hbond substituents is 1. The number of anilines is 4. The van der Waals surface area contributed by atoms with E-state index in [1.165, 1.54) is 12.3 Å². The number of aromatic nitrogens is 2. The molecule has 4 N–H and O–H groups in total. The minimum Gasteiger partial charge on any atom is -0.506 e. The summed E-state index contributed by atoms with van der Waals surface area (Å²) in [6, 6.07) is 14.9. The lowest BCUT2D eigenvalue weighted by atomic mass is 10.2. The van der Waals surface area contributed by atoms with Crippen LogP contribution in [0.2, 0.25) is 0 Å². The molecule has 2 aromatic carbocycles. The zero-order valence-corrected chi connectivity index (χ0v) is 12.5. The van der Waals surface area contributed by atoms with Gasteiger partial charge in [-0.2, -0.15) is 4.98 Å². The maximum atomic E-state index is 11.2. The Morgan fingerprint density at radius 3 is 2.38 bits per heavy atom. The van der Waals surface area contributed by atoms with E-state index in [1.54, 1.807) is 48.5 Å². The van der Waals surface area contributed by atoms with Crippen LogP contribution < -0.4 is 10.6 Å². The van der Waals surface area contributed by atoms with Crippen LogP contribution in [0.4, 0.5) is 23.1 Å². The number of nitrogens with one attached hydrogen (secondary N) is 2. The van der Waals surface area contributed by atoms with Crippen LogP contribution in [0.25, 0.3) is 0 Å². The number of hydrogen-bond donors (Lipinski definition) is 4. The number of aromatic carboxylic acids is 1. The van der Waals surface area contributed by atoms with Gasteiger partial charge in [-0.25, -0.2) is 9.78 Å². The standard InChI is InChI=1S/C17H14N4O3/c22-14-8-4-3-7-13(14)20-17-18-10-9-15(21-17)19-12-6-2-1-5-11(12)16(23)24/h1-10,22H,(H,23,24)(H2,18,19,20,21). The second-order valence-corrected chi connectivity index (χ2v) is 4.88. The summed E-state index contributed by atoms with van der Waals surface area (Å²) in [5.74, 6) is -0.249. The van der Waals surface area contributed by atoms with Gasteiger partial charge in [0.25, 0.3) is 0 Å². The second-order valence-electron chi connectivity index (χ2n) is 4.88. The van der Waals surface area contributed by atoms with E-state index >= 15 is 0 Å². The van der Waals surface area contributed by atoms with Gasteiger partial charge in [0.2, 0.25) is 5.95 Å². The first-order valence-electron chi connectivity index (χ1n) is 7.11. The maximum Gasteiger partial charge on any atom is 0.337 e. The summed E-state index contributed by atoms with van der Waals surface area (Å²) in [6.45, 7) is 0. The normalized spacial score (nSPS) is 10.2. The number of benzene rings is 2. The third-order valence-electron chi connectivity index (χ3n) is 3.23. The lowest BCUT2D eigenvalue weighted by Crippen LogP contribution is -2.04. The van der Waals surface area contributed by atoms with Gasteiger partial charge < -0.3 is 20.8 Å². The molecule has 7 nitrogen and oxygen atoms in total. The van der Waals surface area contributed by atoms with Crippen molar-refractivity contribution in [2.75, 3.05) is 10.6 Å². The van der Waals surface area contributed by atoms with Crippen molar-refractivity contribution in [3.05, 3.63) is 66.4 Å². The van der Waals surface area contributed by atoms with E-state index in [2.05, 4.69) is 20.6 Å². The van der Waals surface area contributed by atoms with E-state index in [9.17, 15) is 15.0 Å². The highest BCUT2D eigenvalue weighted by atomic mass is 16.4. The lowest BCUT2D eigenvalue weighted by molar-refractivity contribution is 0.0698. The van der Waals surface area contributed by atoms with Crippen molar-refractivity contribution < 1.29 is 15.0 Å². The van der Waals surface area contributed by atoms with Crippen molar-refractivity contribution in [1.29, 1.82) is 0 Å². The first kappa shape index (κ1) is 15.3. The smallest absolute Gasteiger partial charge is 0.337 e. The summed E-state index contributed by atoms with van der Waals surface area (Å²) in [6.07, 6.45) is 1.53. The largest absolute Gasteiger partial charge is 0.506 e. The number of nitrogens with zero attached hydrogens (tertiary/aromatic N) is 2. The molecule has 0 fully saturated rings. The Bertz CT molecular complexity index is 883. The van der Waals surface area contributed by atoms with E-state index in [0.717, 1.165) is 0 Å². The molecule has 0 amide bonds. The Balaban J connectivity index is 1.84. The van der Waals surface area contributed by atoms with Crippen molar-refractivity contribution in [2.24, 2.45) is 0 Å². The third-order valence-corrected chi connectivity index (χ3v) is 3.23. The molecule has 0 spiro atoms. The van der Waals surface area contributed by atoms with Crippen molar-refractivity contribution in [3.63, 3.8) is 0 Å². The Morgan fingerprint density at radius 2 is 1.62 bits per heavy atom. The molecule has 0 aliphatic heterocycles. The fraction of sp³-hybridized carbons (Fsp3) is 0. The zero-order chi connectivity index (χ0) is 16.9. The van der Waals surface area contributed by atoms with Gasteiger partial charge >= 0.3 is 5.97 Å². The molecule has 3 aromatic rings. The molecule has 7 heteroatoms. The van der Waals surface area contributed by atoms with Gasteiger partial charge in [-0.3, -0.25) is 0 Å². The number of para-hydroxylation sites is 3. The molecular formula is C17H14N4O3. The van der Waals surface area contributed by atoms with Crippen LogP contribution in [0, 0.1) is 0 Å². The van der Waals surface area contributed by atoms with Gasteiger partial charge in [0.1, 0.15) is 11.6 Å². The molecule has 120 valence electrons. The Kier molecular flexibility index (Phi) is 4.24. The van der Waals surface area contributed by atoms with Crippen LogP contribution >= 0.6 is 0 Å². The molecule has 0 aliphatic carbocycles. The number of carbonyl (C=O) groups is 1. The van der Waals surface area contributed by atoms with Gasteiger partial charge in [-0.15, -0.1) is 0 Å². The molecule has 1 heterocycles. The minimum absolute atomic E-state index is 0.0793. The van der Waals surface area contributed by atoms with Crippen molar-refractivity contribution in [3.8, 4) is 5.75 Å². The number of carboxylic acid groups (broad SMARTS) is 1. The molecule has 0 saturated heterocycles. The highest BCUT2D eigenvalue weighted by molar-refractivity contribution is 5.95. The first-order chi connectivity index (χ1) is 11.6. The summed E-state index contributed by atoms with van der Waals surface area (Å²) >= 11 is 0. The zero-order valence-electron chi connectivity index (χ0n) is 12.5. The van der Waals surface area contributed by atoms with E-state index in [1.807, 2.05) is 0 Å². The average Bonchev–Trinajstić information content (AvgIpc) is 2.58. The number of aromatic hydroxyl groups is 1. The molecule has 1 aromatic heterocycles. The van der Waals surface area contributed by atoms with E-state index < -0.39 is 5.97 Å². The van der Waals surface area contributed by atoms with Crippen LogP contribution in [0.1, 0.15) is 10.4 Å². The molecule has 0 saturated carbocycles. The van der Waals surface area contributed by atoms with Gasteiger partial charge in [-0.05, 0) is 30.3 Å². The van der Waals surface area contributed by atoms with Crippen molar-refractivity contribution in [1.82, 2.24) is 9.97 Å². The summed E-state index contributed by atoms with van der Waals surface area (Å²) in [7, 11) is 0. The summed E-state index contributed by atoms with van der Waals surface area (Å²) in [5, 5.41) is 24.9. The lowest BCUT2D eigenvalue weighted by Gasteiger charge is -2.10. The quantitative estimate of drug-likeness (QED) is 0.533. The van der Waals surface area contributed by atoms with Crippen LogP contribution in [0.3, 0.4) is 0 Å². The molecule has 0 bridgehead atoms. The topological polar surface area (TPSA) is 107 Å². The van der Waals surface area contributed by atoms with Crippen LogP contribution in [-0.4, -0.2) is 26.2 Å². The Morgan fingerprint density at radius 1 is 0.917 bits per heavy atom. The second kappa shape index (κ2) is 6.66. The SMILES string of the molecule is O=C(O)c1ccccc1Nc1ccnc(Nc2ccccc2O)n1. The monoisotopic (exact) mass is 322 g/mol. The van der Waals surface area contributed by atoms with Crippen molar-refractivity contribution in [2.45, 2.75) is 0 Å². The molecule has 3 rings (SSSR count). The van der Waals surface area contributed by atoms with Crippen molar-refractivity contribution >= 4 is 29.1 Å². The fourth-order valence-corrected chi connectivity index (χ4v) is 2.10. The van der Waals surface area contributed by atoms with Crippen LogP contribution in [0.5, 0.6) is 5.75 Å². The van der Waals surface area contributed by atoms with Crippen LogP contribution in [0.15, 0.2) is 60.8 Å².